The molecule has 2 aromatic rings. The third kappa shape index (κ3) is 4.11. The highest BCUT2D eigenvalue weighted by Crippen LogP contribution is 2.20. The number of aromatic nitrogens is 2. The topological polar surface area (TPSA) is 85.1 Å². The van der Waals surface area contributed by atoms with Gasteiger partial charge in [0.25, 0.3) is 0 Å². The highest BCUT2D eigenvalue weighted by molar-refractivity contribution is 5.48. The molecule has 0 saturated carbocycles. The molecular formula is C14H18FN5O. The second-order valence-corrected chi connectivity index (χ2v) is 4.55. The zero-order chi connectivity index (χ0) is 15.2. The van der Waals surface area contributed by atoms with E-state index in [0.717, 1.165) is 5.56 Å². The summed E-state index contributed by atoms with van der Waals surface area (Å²) in [5.74, 6) is 6.68. The first kappa shape index (κ1) is 15.1. The van der Waals surface area contributed by atoms with Crippen molar-refractivity contribution in [3.63, 3.8) is 0 Å². The van der Waals surface area contributed by atoms with E-state index in [1.807, 2.05) is 13.0 Å². The lowest BCUT2D eigenvalue weighted by Gasteiger charge is -2.16. The van der Waals surface area contributed by atoms with Gasteiger partial charge in [-0.2, -0.15) is 0 Å². The van der Waals surface area contributed by atoms with Gasteiger partial charge in [0, 0.05) is 13.2 Å². The third-order valence-electron chi connectivity index (χ3n) is 2.91. The molecule has 4 N–H and O–H groups in total. The van der Waals surface area contributed by atoms with Gasteiger partial charge in [-0.25, -0.2) is 20.2 Å². The normalized spacial score (nSPS) is 12.0. The van der Waals surface area contributed by atoms with Gasteiger partial charge in [0.15, 0.2) is 5.82 Å². The minimum absolute atomic E-state index is 0.114. The number of hydrazine groups is 1. The van der Waals surface area contributed by atoms with Crippen LogP contribution in [0.15, 0.2) is 30.3 Å². The van der Waals surface area contributed by atoms with Gasteiger partial charge in [0.1, 0.15) is 24.1 Å². The van der Waals surface area contributed by atoms with E-state index in [1.165, 1.54) is 12.1 Å². The van der Waals surface area contributed by atoms with Gasteiger partial charge in [-0.15, -0.1) is 0 Å². The molecule has 0 saturated heterocycles. The summed E-state index contributed by atoms with van der Waals surface area (Å²) < 4.78 is 18.3. The molecule has 0 amide bonds. The molecule has 1 aromatic carbocycles. The molecule has 0 aliphatic carbocycles. The molecule has 1 heterocycles. The maximum absolute atomic E-state index is 13.3. The average Bonchev–Trinajstić information content (AvgIpc) is 2.47. The van der Waals surface area contributed by atoms with Crippen LogP contribution in [-0.4, -0.2) is 17.1 Å². The zero-order valence-corrected chi connectivity index (χ0v) is 11.9. The van der Waals surface area contributed by atoms with Crippen molar-refractivity contribution >= 4 is 11.6 Å². The number of hydrogen-bond donors (Lipinski definition) is 3. The number of nitrogens with one attached hydrogen (secondary N) is 2. The van der Waals surface area contributed by atoms with Crippen molar-refractivity contribution in [1.29, 1.82) is 0 Å². The molecule has 0 aliphatic heterocycles. The predicted octanol–water partition coefficient (Wildman–Crippen LogP) is 2.22. The molecule has 0 bridgehead atoms. The molecule has 1 aromatic heterocycles. The number of benzene rings is 1. The van der Waals surface area contributed by atoms with E-state index >= 15 is 0 Å². The molecule has 21 heavy (non-hydrogen) atoms. The molecule has 112 valence electrons. The summed E-state index contributed by atoms with van der Waals surface area (Å²) in [5.41, 5.74) is 3.30. The van der Waals surface area contributed by atoms with Crippen LogP contribution in [0.2, 0.25) is 0 Å². The Labute approximate surface area is 122 Å². The number of nitrogens with zero attached hydrogens (tertiary/aromatic N) is 2. The van der Waals surface area contributed by atoms with Crippen LogP contribution in [0, 0.1) is 5.82 Å². The van der Waals surface area contributed by atoms with Crippen LogP contribution < -0.4 is 16.6 Å². The summed E-state index contributed by atoms with van der Waals surface area (Å²) in [5, 5.41) is 3.19. The summed E-state index contributed by atoms with van der Waals surface area (Å²) >= 11 is 0. The summed E-state index contributed by atoms with van der Waals surface area (Å²) in [6.45, 7) is 2.20. The Hall–Kier alpha value is -2.25. The number of ether oxygens (including phenoxy) is 1. The fraction of sp³-hybridized carbons (Fsp3) is 0.286. The van der Waals surface area contributed by atoms with Crippen LogP contribution in [0.1, 0.15) is 24.4 Å². The SMILES string of the molecule is COCc1nc(NN)cc(NC(C)c2cccc(F)c2)n1. The number of nitrogens with two attached hydrogens (primary N) is 1. The van der Waals surface area contributed by atoms with Crippen molar-refractivity contribution in [2.75, 3.05) is 17.9 Å². The number of anilines is 2. The lowest BCUT2D eigenvalue weighted by molar-refractivity contribution is 0.178. The third-order valence-corrected chi connectivity index (χ3v) is 2.91. The quantitative estimate of drug-likeness (QED) is 0.559. The van der Waals surface area contributed by atoms with Crippen LogP contribution in [0.4, 0.5) is 16.0 Å². The predicted molar refractivity (Wildman–Crippen MR) is 79.0 cm³/mol. The van der Waals surface area contributed by atoms with Gasteiger partial charge in [0.05, 0.1) is 6.04 Å². The van der Waals surface area contributed by atoms with Gasteiger partial charge in [-0.3, -0.25) is 0 Å². The first-order valence-corrected chi connectivity index (χ1v) is 6.48. The second kappa shape index (κ2) is 6.96. The van der Waals surface area contributed by atoms with Crippen molar-refractivity contribution in [3.05, 3.63) is 47.5 Å². The molecular weight excluding hydrogens is 273 g/mol. The van der Waals surface area contributed by atoms with E-state index in [4.69, 9.17) is 10.6 Å². The van der Waals surface area contributed by atoms with Crippen LogP contribution in [0.3, 0.4) is 0 Å². The molecule has 1 unspecified atom stereocenters. The van der Waals surface area contributed by atoms with E-state index in [2.05, 4.69) is 20.7 Å². The van der Waals surface area contributed by atoms with E-state index in [-0.39, 0.29) is 18.5 Å². The first-order chi connectivity index (χ1) is 10.1. The second-order valence-electron chi connectivity index (χ2n) is 4.55. The Kier molecular flexibility index (Phi) is 5.02. The zero-order valence-electron chi connectivity index (χ0n) is 11.9. The van der Waals surface area contributed by atoms with Crippen molar-refractivity contribution < 1.29 is 9.13 Å². The van der Waals surface area contributed by atoms with Crippen LogP contribution in [0.5, 0.6) is 0 Å². The first-order valence-electron chi connectivity index (χ1n) is 6.48. The van der Waals surface area contributed by atoms with Crippen molar-refractivity contribution in [2.24, 2.45) is 5.84 Å². The minimum atomic E-state index is -0.270. The Morgan fingerprint density at radius 2 is 2.05 bits per heavy atom. The van der Waals surface area contributed by atoms with E-state index in [0.29, 0.717) is 17.5 Å². The van der Waals surface area contributed by atoms with Crippen molar-refractivity contribution in [1.82, 2.24) is 9.97 Å². The lowest BCUT2D eigenvalue weighted by Crippen LogP contribution is -2.14. The highest BCUT2D eigenvalue weighted by atomic mass is 19.1. The number of hydrogen-bond acceptors (Lipinski definition) is 6. The Morgan fingerprint density at radius 1 is 1.29 bits per heavy atom. The van der Waals surface area contributed by atoms with Gasteiger partial charge >= 0.3 is 0 Å². The maximum atomic E-state index is 13.3. The molecule has 7 heteroatoms. The Morgan fingerprint density at radius 3 is 2.71 bits per heavy atom. The summed E-state index contributed by atoms with van der Waals surface area (Å²) in [4.78, 5) is 8.49. The summed E-state index contributed by atoms with van der Waals surface area (Å²) in [6, 6.07) is 7.98. The van der Waals surface area contributed by atoms with Crippen LogP contribution >= 0.6 is 0 Å². The number of halogens is 1. The fourth-order valence-corrected chi connectivity index (χ4v) is 1.92. The smallest absolute Gasteiger partial charge is 0.158 e. The fourth-order valence-electron chi connectivity index (χ4n) is 1.92. The molecule has 0 fully saturated rings. The number of rotatable bonds is 6. The Balaban J connectivity index is 2.19. The largest absolute Gasteiger partial charge is 0.377 e. The lowest BCUT2D eigenvalue weighted by atomic mass is 10.1. The highest BCUT2D eigenvalue weighted by Gasteiger charge is 2.09. The average molecular weight is 291 g/mol. The van der Waals surface area contributed by atoms with E-state index in [9.17, 15) is 4.39 Å². The summed E-state index contributed by atoms with van der Waals surface area (Å²) in [6.07, 6.45) is 0. The molecule has 6 nitrogen and oxygen atoms in total. The van der Waals surface area contributed by atoms with E-state index < -0.39 is 0 Å². The standard InChI is InChI=1S/C14H18FN5O/c1-9(10-4-3-5-11(15)6-10)17-12-7-13(20-16)19-14(18-12)8-21-2/h3-7,9H,8,16H2,1-2H3,(H2,17,18,19,20). The van der Waals surface area contributed by atoms with Crippen molar-refractivity contribution in [3.8, 4) is 0 Å². The number of nitrogen functional groups attached to an aromatic ring is 1. The maximum Gasteiger partial charge on any atom is 0.158 e. The molecule has 1 atom stereocenters. The Bertz CT molecular complexity index is 608. The van der Waals surface area contributed by atoms with Crippen molar-refractivity contribution in [2.45, 2.75) is 19.6 Å². The van der Waals surface area contributed by atoms with Gasteiger partial charge in [-0.05, 0) is 24.6 Å². The molecule has 0 radical (unpaired) electrons. The molecule has 2 rings (SSSR count). The molecule has 0 aliphatic rings. The number of methoxy groups -OCH3 is 1. The van der Waals surface area contributed by atoms with E-state index in [1.54, 1.807) is 19.2 Å². The van der Waals surface area contributed by atoms with Crippen LogP contribution in [-0.2, 0) is 11.3 Å². The van der Waals surface area contributed by atoms with Crippen LogP contribution in [0.25, 0.3) is 0 Å². The van der Waals surface area contributed by atoms with Gasteiger partial charge < -0.3 is 15.5 Å². The van der Waals surface area contributed by atoms with Gasteiger partial charge in [0.2, 0.25) is 0 Å². The summed E-state index contributed by atoms with van der Waals surface area (Å²) in [7, 11) is 1.56. The monoisotopic (exact) mass is 291 g/mol. The molecule has 0 spiro atoms. The minimum Gasteiger partial charge on any atom is -0.377 e. The van der Waals surface area contributed by atoms with Gasteiger partial charge in [-0.1, -0.05) is 12.1 Å².